The Hall–Kier alpha value is -0.0800. The number of hydrogen-bond donors (Lipinski definition) is 1. The van der Waals surface area contributed by atoms with Crippen molar-refractivity contribution in [3.05, 3.63) is 0 Å². The van der Waals surface area contributed by atoms with Gasteiger partial charge in [-0.15, -0.1) is 0 Å². The van der Waals surface area contributed by atoms with Crippen LogP contribution in [0.4, 0.5) is 0 Å². The molecular formula is C13H27NO. The summed E-state index contributed by atoms with van der Waals surface area (Å²) in [5.74, 6) is 0.454. The van der Waals surface area contributed by atoms with E-state index in [1.165, 1.54) is 0 Å². The molecule has 15 heavy (non-hydrogen) atoms. The maximum absolute atomic E-state index is 6.52. The average molecular weight is 213 g/mol. The second kappa shape index (κ2) is 3.74. The van der Waals surface area contributed by atoms with Crippen LogP contribution in [-0.2, 0) is 4.74 Å². The summed E-state index contributed by atoms with van der Waals surface area (Å²) in [5, 5.41) is 0. The van der Waals surface area contributed by atoms with Crippen LogP contribution in [-0.4, -0.2) is 16.7 Å². The number of nitrogens with two attached hydrogens (primary N) is 1. The highest BCUT2D eigenvalue weighted by Gasteiger charge is 2.52. The van der Waals surface area contributed by atoms with Gasteiger partial charge >= 0.3 is 0 Å². The van der Waals surface area contributed by atoms with Crippen LogP contribution >= 0.6 is 0 Å². The van der Waals surface area contributed by atoms with Gasteiger partial charge in [-0.2, -0.15) is 0 Å². The van der Waals surface area contributed by atoms with Crippen molar-refractivity contribution in [2.45, 2.75) is 77.5 Å². The van der Waals surface area contributed by atoms with Gasteiger partial charge in [0.25, 0.3) is 0 Å². The summed E-state index contributed by atoms with van der Waals surface area (Å²) in [6.45, 7) is 13.1. The van der Waals surface area contributed by atoms with E-state index in [0.717, 1.165) is 19.3 Å². The summed E-state index contributed by atoms with van der Waals surface area (Å²) in [7, 11) is 0. The predicted octanol–water partition coefficient (Wildman–Crippen LogP) is 3.10. The van der Waals surface area contributed by atoms with E-state index < -0.39 is 0 Å². The van der Waals surface area contributed by atoms with E-state index in [1.807, 2.05) is 0 Å². The van der Waals surface area contributed by atoms with E-state index in [0.29, 0.717) is 5.92 Å². The second-order valence-corrected chi connectivity index (χ2v) is 6.16. The molecule has 2 N–H and O–H groups in total. The van der Waals surface area contributed by atoms with Gasteiger partial charge in [-0.05, 0) is 47.0 Å². The summed E-state index contributed by atoms with van der Waals surface area (Å²) in [6, 6.07) is 0. The Morgan fingerprint density at radius 1 is 1.20 bits per heavy atom. The highest BCUT2D eigenvalue weighted by molar-refractivity contribution is 5.05. The molecule has 1 saturated heterocycles. The first-order valence-corrected chi connectivity index (χ1v) is 6.16. The minimum atomic E-state index is -0.0930. The van der Waals surface area contributed by atoms with Crippen molar-refractivity contribution in [2.75, 3.05) is 0 Å². The van der Waals surface area contributed by atoms with Gasteiger partial charge in [0.2, 0.25) is 0 Å². The van der Waals surface area contributed by atoms with Crippen molar-refractivity contribution in [3.63, 3.8) is 0 Å². The van der Waals surface area contributed by atoms with Crippen LogP contribution in [0.3, 0.4) is 0 Å². The highest BCUT2D eigenvalue weighted by atomic mass is 16.5. The lowest BCUT2D eigenvalue weighted by molar-refractivity contribution is -0.0824. The molecule has 0 saturated carbocycles. The minimum absolute atomic E-state index is 0.0247. The zero-order chi connectivity index (χ0) is 11.9. The van der Waals surface area contributed by atoms with Gasteiger partial charge in [0, 0.05) is 11.5 Å². The molecule has 0 aromatic heterocycles. The maximum Gasteiger partial charge on any atom is 0.0680 e. The number of ether oxygens (including phenoxy) is 1. The smallest absolute Gasteiger partial charge is 0.0680 e. The van der Waals surface area contributed by atoms with Gasteiger partial charge in [-0.1, -0.05) is 13.8 Å². The maximum atomic E-state index is 6.52. The highest BCUT2D eigenvalue weighted by Crippen LogP contribution is 2.47. The Morgan fingerprint density at radius 3 is 1.93 bits per heavy atom. The summed E-state index contributed by atoms with van der Waals surface area (Å²) in [4.78, 5) is 0. The molecule has 0 amide bonds. The molecule has 0 radical (unpaired) electrons. The van der Waals surface area contributed by atoms with Gasteiger partial charge in [0.15, 0.2) is 0 Å². The normalized spacial score (nSPS) is 29.4. The Morgan fingerprint density at radius 2 is 1.67 bits per heavy atom. The molecule has 1 rings (SSSR count). The lowest BCUT2D eigenvalue weighted by atomic mass is 9.70. The number of rotatable bonds is 3. The SMILES string of the molecule is CCC(N)(CC)C1CC(C)(C)OC1(C)C. The van der Waals surface area contributed by atoms with E-state index in [-0.39, 0.29) is 16.7 Å². The van der Waals surface area contributed by atoms with Crippen LogP contribution in [0.1, 0.15) is 60.8 Å². The van der Waals surface area contributed by atoms with Crippen molar-refractivity contribution in [3.8, 4) is 0 Å². The molecule has 1 unspecified atom stereocenters. The molecule has 1 fully saturated rings. The van der Waals surface area contributed by atoms with Crippen LogP contribution in [0.5, 0.6) is 0 Å². The molecule has 0 aromatic rings. The third-order valence-corrected chi connectivity index (χ3v) is 4.08. The van der Waals surface area contributed by atoms with Crippen molar-refractivity contribution in [1.29, 1.82) is 0 Å². The minimum Gasteiger partial charge on any atom is -0.369 e. The predicted molar refractivity (Wildman–Crippen MR) is 64.9 cm³/mol. The fourth-order valence-electron chi connectivity index (χ4n) is 3.20. The molecular weight excluding hydrogens is 186 g/mol. The quantitative estimate of drug-likeness (QED) is 0.782. The summed E-state index contributed by atoms with van der Waals surface area (Å²) >= 11 is 0. The Labute approximate surface area is 94.6 Å². The van der Waals surface area contributed by atoms with Crippen molar-refractivity contribution < 1.29 is 4.74 Å². The van der Waals surface area contributed by atoms with Gasteiger partial charge < -0.3 is 10.5 Å². The van der Waals surface area contributed by atoms with E-state index in [4.69, 9.17) is 10.5 Å². The van der Waals surface area contributed by atoms with E-state index in [2.05, 4.69) is 41.5 Å². The Balaban J connectivity index is 2.95. The fraction of sp³-hybridized carbons (Fsp3) is 1.00. The topological polar surface area (TPSA) is 35.2 Å². The van der Waals surface area contributed by atoms with Crippen LogP contribution in [0.25, 0.3) is 0 Å². The summed E-state index contributed by atoms with van der Waals surface area (Å²) < 4.78 is 6.12. The average Bonchev–Trinajstić information content (AvgIpc) is 2.33. The van der Waals surface area contributed by atoms with Gasteiger partial charge in [-0.25, -0.2) is 0 Å². The van der Waals surface area contributed by atoms with Crippen molar-refractivity contribution in [2.24, 2.45) is 11.7 Å². The molecule has 1 atom stereocenters. The summed E-state index contributed by atoms with van der Waals surface area (Å²) in [6.07, 6.45) is 3.12. The van der Waals surface area contributed by atoms with Crippen LogP contribution in [0.15, 0.2) is 0 Å². The molecule has 0 aromatic carbocycles. The standard InChI is InChI=1S/C13H27NO/c1-7-13(14,8-2)10-9-11(3,4)15-12(10,5)6/h10H,7-9,14H2,1-6H3. The second-order valence-electron chi connectivity index (χ2n) is 6.16. The Kier molecular flexibility index (Phi) is 3.24. The van der Waals surface area contributed by atoms with Crippen LogP contribution < -0.4 is 5.73 Å². The van der Waals surface area contributed by atoms with E-state index in [9.17, 15) is 0 Å². The molecule has 90 valence electrons. The number of hydrogen-bond acceptors (Lipinski definition) is 2. The molecule has 2 nitrogen and oxygen atoms in total. The third kappa shape index (κ3) is 2.36. The lowest BCUT2D eigenvalue weighted by Gasteiger charge is -2.40. The van der Waals surface area contributed by atoms with Crippen LogP contribution in [0, 0.1) is 5.92 Å². The first-order valence-electron chi connectivity index (χ1n) is 6.16. The molecule has 0 spiro atoms. The molecule has 0 bridgehead atoms. The van der Waals surface area contributed by atoms with Gasteiger partial charge in [0.05, 0.1) is 11.2 Å². The first kappa shape index (κ1) is 13.0. The Bertz CT molecular complexity index is 229. The molecule has 1 heterocycles. The van der Waals surface area contributed by atoms with E-state index >= 15 is 0 Å². The monoisotopic (exact) mass is 213 g/mol. The zero-order valence-corrected chi connectivity index (χ0v) is 11.2. The lowest BCUT2D eigenvalue weighted by Crippen LogP contribution is -2.52. The van der Waals surface area contributed by atoms with Crippen LogP contribution in [0.2, 0.25) is 0 Å². The molecule has 1 aliphatic rings. The third-order valence-electron chi connectivity index (χ3n) is 4.08. The summed E-state index contributed by atoms with van der Waals surface area (Å²) in [5.41, 5.74) is 6.33. The first-order chi connectivity index (χ1) is 6.67. The largest absolute Gasteiger partial charge is 0.369 e. The molecule has 2 heteroatoms. The zero-order valence-electron chi connectivity index (χ0n) is 11.2. The fourth-order valence-corrected chi connectivity index (χ4v) is 3.20. The van der Waals surface area contributed by atoms with Crippen molar-refractivity contribution in [1.82, 2.24) is 0 Å². The van der Waals surface area contributed by atoms with Gasteiger partial charge in [-0.3, -0.25) is 0 Å². The molecule has 0 aliphatic carbocycles. The van der Waals surface area contributed by atoms with Crippen molar-refractivity contribution >= 4 is 0 Å². The van der Waals surface area contributed by atoms with Gasteiger partial charge in [0.1, 0.15) is 0 Å². The van der Waals surface area contributed by atoms with E-state index in [1.54, 1.807) is 0 Å². The molecule has 1 aliphatic heterocycles.